The van der Waals surface area contributed by atoms with Gasteiger partial charge < -0.3 is 4.74 Å². The van der Waals surface area contributed by atoms with E-state index >= 15 is 0 Å². The molecule has 3 amide bonds. The number of hydrogen-bond acceptors (Lipinski definition) is 5. The zero-order chi connectivity index (χ0) is 24.2. The van der Waals surface area contributed by atoms with E-state index in [0.717, 1.165) is 24.6 Å². The predicted octanol–water partition coefficient (Wildman–Crippen LogP) is 3.14. The average molecular weight is 482 g/mol. The minimum Gasteiger partial charge on any atom is -0.362 e. The van der Waals surface area contributed by atoms with Crippen LogP contribution in [0.25, 0.3) is 5.65 Å². The number of rotatable bonds is 5. The van der Waals surface area contributed by atoms with E-state index in [-0.39, 0.29) is 18.9 Å². The van der Waals surface area contributed by atoms with E-state index < -0.39 is 18.3 Å². The zero-order valence-electron chi connectivity index (χ0n) is 19.9. The van der Waals surface area contributed by atoms with Crippen LogP contribution in [0.4, 0.5) is 15.0 Å². The molecule has 0 spiro atoms. The molecule has 2 aliphatic heterocycles. The third-order valence-electron chi connectivity index (χ3n) is 7.23. The van der Waals surface area contributed by atoms with Gasteiger partial charge in [0.2, 0.25) is 5.91 Å². The van der Waals surface area contributed by atoms with Crippen LogP contribution in [-0.2, 0) is 9.53 Å². The second kappa shape index (κ2) is 10.8. The highest BCUT2D eigenvalue weighted by Gasteiger charge is 2.31. The zero-order valence-corrected chi connectivity index (χ0v) is 19.9. The first-order valence-corrected chi connectivity index (χ1v) is 12.6. The first kappa shape index (κ1) is 23.8. The number of nitrogens with one attached hydrogen (secondary N) is 1. The van der Waals surface area contributed by atoms with Gasteiger partial charge in [0.1, 0.15) is 24.2 Å². The third kappa shape index (κ3) is 5.65. The average Bonchev–Trinajstić information content (AvgIpc) is 3.27. The number of carbonyl (C=O) groups excluding carboxylic acids is 2. The number of imidazole rings is 1. The van der Waals surface area contributed by atoms with E-state index in [0.29, 0.717) is 31.0 Å². The van der Waals surface area contributed by atoms with Crippen molar-refractivity contribution < 1.29 is 18.7 Å². The fourth-order valence-electron chi connectivity index (χ4n) is 5.35. The van der Waals surface area contributed by atoms with Crippen molar-refractivity contribution in [2.45, 2.75) is 57.2 Å². The van der Waals surface area contributed by atoms with Gasteiger partial charge in [-0.05, 0) is 37.3 Å². The molecule has 3 fully saturated rings. The minimum absolute atomic E-state index is 0.181. The highest BCUT2D eigenvalue weighted by atomic mass is 19.1. The lowest BCUT2D eigenvalue weighted by molar-refractivity contribution is -0.120. The number of aromatic nitrogens is 2. The van der Waals surface area contributed by atoms with Gasteiger partial charge in [0.05, 0.1) is 12.3 Å². The molecule has 9 heteroatoms. The maximum atomic E-state index is 14.7. The minimum atomic E-state index is -0.976. The van der Waals surface area contributed by atoms with Crippen LogP contribution < -0.4 is 10.2 Å². The van der Waals surface area contributed by atoms with Crippen LogP contribution in [-0.4, -0.2) is 71.3 Å². The molecular weight excluding hydrogens is 449 g/mol. The molecule has 0 radical (unpaired) electrons. The van der Waals surface area contributed by atoms with E-state index in [2.05, 4.69) is 27.0 Å². The molecule has 0 bridgehead atoms. The van der Waals surface area contributed by atoms with Crippen LogP contribution in [0.15, 0.2) is 24.5 Å². The fraction of sp³-hybridized carbons (Fsp3) is 0.577. The molecule has 2 atom stereocenters. The number of carbonyl (C=O) groups is 2. The number of piperidine rings is 1. The smallest absolute Gasteiger partial charge is 0.329 e. The largest absolute Gasteiger partial charge is 0.362 e. The Balaban J connectivity index is 1.12. The summed E-state index contributed by atoms with van der Waals surface area (Å²) in [6.45, 7) is 2.85. The number of likely N-dealkylation sites (tertiary alicyclic amines) is 1. The van der Waals surface area contributed by atoms with Gasteiger partial charge >= 0.3 is 6.03 Å². The number of fused-ring (bicyclic) bond motifs is 1. The molecule has 2 aromatic rings. The summed E-state index contributed by atoms with van der Waals surface area (Å²) in [7, 11) is 0. The summed E-state index contributed by atoms with van der Waals surface area (Å²) in [6.07, 6.45) is 9.52. The molecule has 2 aromatic heterocycles. The van der Waals surface area contributed by atoms with Crippen LogP contribution in [0.3, 0.4) is 0 Å². The first-order chi connectivity index (χ1) is 17.1. The Bertz CT molecular complexity index is 1130. The maximum absolute atomic E-state index is 14.7. The van der Waals surface area contributed by atoms with Crippen molar-refractivity contribution in [2.75, 3.05) is 37.7 Å². The van der Waals surface area contributed by atoms with E-state index in [1.54, 1.807) is 16.8 Å². The van der Waals surface area contributed by atoms with Crippen molar-refractivity contribution in [2.24, 2.45) is 5.92 Å². The van der Waals surface area contributed by atoms with E-state index in [4.69, 9.17) is 4.74 Å². The number of amides is 3. The Labute approximate surface area is 204 Å². The van der Waals surface area contributed by atoms with Crippen molar-refractivity contribution in [1.29, 1.82) is 0 Å². The van der Waals surface area contributed by atoms with Gasteiger partial charge in [0.25, 0.3) is 0 Å². The Hall–Kier alpha value is -2.96. The molecule has 1 saturated carbocycles. The van der Waals surface area contributed by atoms with Gasteiger partial charge in [-0.25, -0.2) is 14.2 Å². The summed E-state index contributed by atoms with van der Waals surface area (Å²) in [5, 5.41) is 2.32. The summed E-state index contributed by atoms with van der Waals surface area (Å²) in [5.74, 6) is 7.10. The highest BCUT2D eigenvalue weighted by Crippen LogP contribution is 2.26. The number of alkyl halides is 1. The van der Waals surface area contributed by atoms with E-state index in [1.165, 1.54) is 37.0 Å². The van der Waals surface area contributed by atoms with Crippen molar-refractivity contribution in [3.63, 3.8) is 0 Å². The molecular formula is C26H32FN5O3. The number of halogens is 1. The number of pyridine rings is 1. The molecule has 2 saturated heterocycles. The number of hydrogen-bond donors (Lipinski definition) is 1. The topological polar surface area (TPSA) is 79.2 Å². The molecule has 0 aromatic carbocycles. The Kier molecular flexibility index (Phi) is 7.30. The Morgan fingerprint density at radius 3 is 2.83 bits per heavy atom. The fourth-order valence-corrected chi connectivity index (χ4v) is 5.35. The van der Waals surface area contributed by atoms with Crippen LogP contribution in [0, 0.1) is 17.8 Å². The normalized spacial score (nSPS) is 24.3. The maximum Gasteiger partial charge on any atom is 0.329 e. The highest BCUT2D eigenvalue weighted by molar-refractivity contribution is 6.05. The second-order valence-corrected chi connectivity index (χ2v) is 9.73. The van der Waals surface area contributed by atoms with Gasteiger partial charge in [-0.2, -0.15) is 0 Å². The predicted molar refractivity (Wildman–Crippen MR) is 130 cm³/mol. The van der Waals surface area contributed by atoms with E-state index in [1.807, 2.05) is 12.1 Å². The molecule has 1 aliphatic carbocycles. The van der Waals surface area contributed by atoms with Crippen molar-refractivity contribution in [3.05, 3.63) is 30.1 Å². The number of urea groups is 1. The summed E-state index contributed by atoms with van der Waals surface area (Å²) in [5.41, 5.74) is 1.40. The van der Waals surface area contributed by atoms with Gasteiger partial charge in [0, 0.05) is 44.4 Å². The molecule has 186 valence electrons. The number of imide groups is 1. The van der Waals surface area contributed by atoms with Crippen LogP contribution in [0.5, 0.6) is 0 Å². The van der Waals surface area contributed by atoms with Crippen molar-refractivity contribution >= 4 is 23.4 Å². The summed E-state index contributed by atoms with van der Waals surface area (Å²) < 4.78 is 22.3. The van der Waals surface area contributed by atoms with Crippen molar-refractivity contribution in [1.82, 2.24) is 19.6 Å². The Morgan fingerprint density at radius 1 is 1.17 bits per heavy atom. The molecule has 0 unspecified atom stereocenters. The lowest BCUT2D eigenvalue weighted by Gasteiger charge is -2.37. The lowest BCUT2D eigenvalue weighted by Crippen LogP contribution is -2.50. The van der Waals surface area contributed by atoms with Crippen LogP contribution >= 0.6 is 0 Å². The van der Waals surface area contributed by atoms with Crippen LogP contribution in [0.1, 0.15) is 50.5 Å². The second-order valence-electron chi connectivity index (χ2n) is 9.73. The quantitative estimate of drug-likeness (QED) is 0.664. The third-order valence-corrected chi connectivity index (χ3v) is 7.23. The SMILES string of the molecule is O=C1CCN(c2cnc3cc(C#CCO[C@@H]4CCN(CC5CCCCC5)C[C@@H]4F)ccn23)C(=O)N1. The summed E-state index contributed by atoms with van der Waals surface area (Å²) in [4.78, 5) is 31.7. The molecule has 4 heterocycles. The molecule has 3 aliphatic rings. The summed E-state index contributed by atoms with van der Waals surface area (Å²) >= 11 is 0. The number of nitrogens with zero attached hydrogens (tertiary/aromatic N) is 4. The number of ether oxygens (including phenoxy) is 1. The Morgan fingerprint density at radius 2 is 2.03 bits per heavy atom. The number of anilines is 1. The van der Waals surface area contributed by atoms with Gasteiger partial charge in [-0.1, -0.05) is 31.1 Å². The molecule has 35 heavy (non-hydrogen) atoms. The monoisotopic (exact) mass is 481 g/mol. The summed E-state index contributed by atoms with van der Waals surface area (Å²) in [6, 6.07) is 3.21. The van der Waals surface area contributed by atoms with E-state index in [9.17, 15) is 14.0 Å². The van der Waals surface area contributed by atoms with Gasteiger partial charge in [0.15, 0.2) is 0 Å². The van der Waals surface area contributed by atoms with Gasteiger partial charge in [-0.3, -0.25) is 24.3 Å². The molecule has 5 rings (SSSR count). The standard InChI is InChI=1S/C26H32FN5O3/c27-21-18-30(17-20-5-2-1-3-6-20)11-9-22(21)35-14-4-7-19-8-12-31-23(15-19)28-16-25(31)32-13-10-24(33)29-26(32)34/h8,12,15-16,20-22H,1-3,5-6,9-11,13-14,17-18H2,(H,29,33,34)/t21-,22+/m0/s1. The van der Waals surface area contributed by atoms with Crippen LogP contribution in [0.2, 0.25) is 0 Å². The molecule has 1 N–H and O–H groups in total. The molecule has 8 nitrogen and oxygen atoms in total. The van der Waals surface area contributed by atoms with Crippen molar-refractivity contribution in [3.8, 4) is 11.8 Å². The lowest BCUT2D eigenvalue weighted by atomic mass is 9.88. The first-order valence-electron chi connectivity index (χ1n) is 12.6. The van der Waals surface area contributed by atoms with Gasteiger partial charge in [-0.15, -0.1) is 0 Å².